The zero-order valence-electron chi connectivity index (χ0n) is 8.68. The zero-order valence-corrected chi connectivity index (χ0v) is 10.3. The van der Waals surface area contributed by atoms with E-state index in [1.807, 2.05) is 6.92 Å². The molecule has 0 saturated heterocycles. The van der Waals surface area contributed by atoms with Crippen LogP contribution in [0.15, 0.2) is 16.6 Å². The molecule has 1 aromatic carbocycles. The SMILES string of the molecule is COc1c(F)cc(Br)c(C)c1/C=C/CN. The lowest BCUT2D eigenvalue weighted by molar-refractivity contribution is 0.385. The number of hydrogen-bond donors (Lipinski definition) is 1. The Labute approximate surface area is 97.1 Å². The van der Waals surface area contributed by atoms with E-state index in [1.54, 1.807) is 12.2 Å². The number of methoxy groups -OCH3 is 1. The summed E-state index contributed by atoms with van der Waals surface area (Å²) in [6.45, 7) is 2.30. The summed E-state index contributed by atoms with van der Waals surface area (Å²) in [7, 11) is 1.45. The summed E-state index contributed by atoms with van der Waals surface area (Å²) in [5, 5.41) is 0. The number of ether oxygens (including phenoxy) is 1. The van der Waals surface area contributed by atoms with Crippen LogP contribution in [0.3, 0.4) is 0 Å². The predicted octanol–water partition coefficient (Wildman–Crippen LogP) is 2.88. The van der Waals surface area contributed by atoms with Gasteiger partial charge in [0.15, 0.2) is 11.6 Å². The first kappa shape index (κ1) is 12.2. The van der Waals surface area contributed by atoms with Crippen LogP contribution in [0.1, 0.15) is 11.1 Å². The molecule has 1 aromatic rings. The lowest BCUT2D eigenvalue weighted by atomic mass is 10.1. The molecule has 2 nitrogen and oxygen atoms in total. The van der Waals surface area contributed by atoms with Crippen molar-refractivity contribution in [3.05, 3.63) is 33.6 Å². The van der Waals surface area contributed by atoms with E-state index in [1.165, 1.54) is 13.2 Å². The topological polar surface area (TPSA) is 35.2 Å². The Morgan fingerprint density at radius 2 is 2.27 bits per heavy atom. The van der Waals surface area contributed by atoms with Gasteiger partial charge < -0.3 is 10.5 Å². The van der Waals surface area contributed by atoms with Gasteiger partial charge in [-0.15, -0.1) is 0 Å². The second kappa shape index (κ2) is 5.28. The van der Waals surface area contributed by atoms with Gasteiger partial charge >= 0.3 is 0 Å². The highest BCUT2D eigenvalue weighted by Gasteiger charge is 2.12. The van der Waals surface area contributed by atoms with Gasteiger partial charge in [0.1, 0.15) is 0 Å². The van der Waals surface area contributed by atoms with Gasteiger partial charge in [-0.25, -0.2) is 4.39 Å². The van der Waals surface area contributed by atoms with E-state index >= 15 is 0 Å². The molecule has 0 saturated carbocycles. The van der Waals surface area contributed by atoms with E-state index in [9.17, 15) is 4.39 Å². The van der Waals surface area contributed by atoms with Crippen molar-refractivity contribution in [3.63, 3.8) is 0 Å². The van der Waals surface area contributed by atoms with Crippen molar-refractivity contribution < 1.29 is 9.13 Å². The zero-order chi connectivity index (χ0) is 11.4. The molecule has 0 unspecified atom stereocenters. The lowest BCUT2D eigenvalue weighted by Gasteiger charge is -2.11. The maximum Gasteiger partial charge on any atom is 0.166 e. The van der Waals surface area contributed by atoms with Gasteiger partial charge in [-0.2, -0.15) is 0 Å². The summed E-state index contributed by atoms with van der Waals surface area (Å²) in [5.74, 6) is -0.132. The standard InChI is InChI=1S/C11H13BrFNO/c1-7-8(4-3-5-14)11(15-2)10(13)6-9(7)12/h3-4,6H,5,14H2,1-2H3/b4-3+. The molecule has 0 bridgehead atoms. The number of hydrogen-bond acceptors (Lipinski definition) is 2. The van der Waals surface area contributed by atoms with E-state index in [0.717, 1.165) is 15.6 Å². The summed E-state index contributed by atoms with van der Waals surface area (Å²) in [6.07, 6.45) is 3.53. The molecule has 1 rings (SSSR count). The van der Waals surface area contributed by atoms with Gasteiger partial charge in [-0.05, 0) is 18.6 Å². The number of rotatable bonds is 3. The van der Waals surface area contributed by atoms with Crippen LogP contribution < -0.4 is 10.5 Å². The molecule has 82 valence electrons. The monoisotopic (exact) mass is 273 g/mol. The van der Waals surface area contributed by atoms with Crippen molar-refractivity contribution in [2.45, 2.75) is 6.92 Å². The predicted molar refractivity (Wildman–Crippen MR) is 63.5 cm³/mol. The second-order valence-electron chi connectivity index (χ2n) is 3.05. The van der Waals surface area contributed by atoms with Crippen molar-refractivity contribution in [1.82, 2.24) is 0 Å². The summed E-state index contributed by atoms with van der Waals surface area (Å²) in [4.78, 5) is 0. The lowest BCUT2D eigenvalue weighted by Crippen LogP contribution is -1.97. The van der Waals surface area contributed by atoms with E-state index in [0.29, 0.717) is 6.54 Å². The molecule has 2 N–H and O–H groups in total. The molecule has 4 heteroatoms. The first-order chi connectivity index (χ1) is 7.11. The molecule has 0 atom stereocenters. The molecule has 0 amide bonds. The number of benzene rings is 1. The third kappa shape index (κ3) is 2.58. The van der Waals surface area contributed by atoms with Crippen LogP contribution in [0.2, 0.25) is 0 Å². The molecule has 0 heterocycles. The van der Waals surface area contributed by atoms with E-state index in [4.69, 9.17) is 10.5 Å². The number of nitrogens with two attached hydrogens (primary N) is 1. The van der Waals surface area contributed by atoms with E-state index in [-0.39, 0.29) is 11.6 Å². The van der Waals surface area contributed by atoms with Crippen LogP contribution in [0, 0.1) is 12.7 Å². The summed E-state index contributed by atoms with van der Waals surface area (Å²) in [6, 6.07) is 1.40. The van der Waals surface area contributed by atoms with Gasteiger partial charge in [0.05, 0.1) is 7.11 Å². The van der Waals surface area contributed by atoms with Crippen molar-refractivity contribution >= 4 is 22.0 Å². The quantitative estimate of drug-likeness (QED) is 0.919. The third-order valence-electron chi connectivity index (χ3n) is 2.10. The summed E-state index contributed by atoms with van der Waals surface area (Å²) in [5.41, 5.74) is 7.01. The molecule has 0 aliphatic rings. The molecular formula is C11H13BrFNO. The Morgan fingerprint density at radius 1 is 1.60 bits per heavy atom. The minimum atomic E-state index is -0.383. The van der Waals surface area contributed by atoms with Crippen LogP contribution in [0.5, 0.6) is 5.75 Å². The third-order valence-corrected chi connectivity index (χ3v) is 2.93. The average Bonchev–Trinajstić information content (AvgIpc) is 2.21. The maximum absolute atomic E-state index is 13.5. The molecule has 0 radical (unpaired) electrons. The van der Waals surface area contributed by atoms with Gasteiger partial charge in [0.25, 0.3) is 0 Å². The molecule has 0 aliphatic carbocycles. The molecule has 0 aliphatic heterocycles. The fourth-order valence-corrected chi connectivity index (χ4v) is 1.72. The second-order valence-corrected chi connectivity index (χ2v) is 3.90. The molecule has 0 spiro atoms. The largest absolute Gasteiger partial charge is 0.493 e. The molecule has 15 heavy (non-hydrogen) atoms. The Bertz CT molecular complexity index is 391. The highest BCUT2D eigenvalue weighted by atomic mass is 79.9. The highest BCUT2D eigenvalue weighted by molar-refractivity contribution is 9.10. The maximum atomic E-state index is 13.5. The molecule has 0 aromatic heterocycles. The summed E-state index contributed by atoms with van der Waals surface area (Å²) >= 11 is 3.29. The smallest absolute Gasteiger partial charge is 0.166 e. The Balaban J connectivity index is 3.36. The van der Waals surface area contributed by atoms with Crippen molar-refractivity contribution in [2.75, 3.05) is 13.7 Å². The summed E-state index contributed by atoms with van der Waals surface area (Å²) < 4.78 is 19.2. The van der Waals surface area contributed by atoms with E-state index in [2.05, 4.69) is 15.9 Å². The van der Waals surface area contributed by atoms with Crippen LogP contribution >= 0.6 is 15.9 Å². The fourth-order valence-electron chi connectivity index (χ4n) is 1.31. The fraction of sp³-hybridized carbons (Fsp3) is 0.273. The minimum Gasteiger partial charge on any atom is -0.493 e. The van der Waals surface area contributed by atoms with Crippen LogP contribution in [0.25, 0.3) is 6.08 Å². The van der Waals surface area contributed by atoms with Gasteiger partial charge in [0, 0.05) is 16.6 Å². The van der Waals surface area contributed by atoms with Gasteiger partial charge in [-0.1, -0.05) is 28.1 Å². The Morgan fingerprint density at radius 3 is 2.80 bits per heavy atom. The first-order valence-electron chi connectivity index (χ1n) is 4.51. The molecule has 0 fully saturated rings. The normalized spacial score (nSPS) is 11.0. The highest BCUT2D eigenvalue weighted by Crippen LogP contribution is 2.32. The van der Waals surface area contributed by atoms with Crippen LogP contribution in [0.4, 0.5) is 4.39 Å². The van der Waals surface area contributed by atoms with Crippen molar-refractivity contribution in [2.24, 2.45) is 5.73 Å². The molecular weight excluding hydrogens is 261 g/mol. The Kier molecular flexibility index (Phi) is 4.29. The van der Waals surface area contributed by atoms with E-state index < -0.39 is 0 Å². The van der Waals surface area contributed by atoms with Gasteiger partial charge in [0.2, 0.25) is 0 Å². The Hall–Kier alpha value is -0.870. The van der Waals surface area contributed by atoms with Crippen LogP contribution in [-0.4, -0.2) is 13.7 Å². The van der Waals surface area contributed by atoms with Crippen LogP contribution in [-0.2, 0) is 0 Å². The van der Waals surface area contributed by atoms with Gasteiger partial charge in [-0.3, -0.25) is 0 Å². The number of halogens is 2. The van der Waals surface area contributed by atoms with Crippen molar-refractivity contribution in [3.8, 4) is 5.75 Å². The van der Waals surface area contributed by atoms with Crippen molar-refractivity contribution in [1.29, 1.82) is 0 Å². The first-order valence-corrected chi connectivity index (χ1v) is 5.30. The minimum absolute atomic E-state index is 0.250. The average molecular weight is 274 g/mol.